The van der Waals surface area contributed by atoms with Gasteiger partial charge in [0, 0.05) is 12.1 Å². The number of amides is 1. The van der Waals surface area contributed by atoms with E-state index in [1.165, 1.54) is 0 Å². The molecule has 0 aliphatic rings. The van der Waals surface area contributed by atoms with E-state index in [0.717, 1.165) is 18.4 Å². The highest BCUT2D eigenvalue weighted by atomic mass is 35.5. The van der Waals surface area contributed by atoms with E-state index in [1.807, 2.05) is 6.92 Å². The Bertz CT molecular complexity index is 901. The lowest BCUT2D eigenvalue weighted by Gasteiger charge is -2.11. The van der Waals surface area contributed by atoms with E-state index < -0.39 is 27.3 Å². The number of halogens is 2. The van der Waals surface area contributed by atoms with Crippen molar-refractivity contribution in [1.82, 2.24) is 4.72 Å². The normalized spacial score (nSPS) is 11.0. The molecule has 9 heteroatoms. The van der Waals surface area contributed by atoms with Crippen molar-refractivity contribution in [2.45, 2.75) is 6.92 Å². The van der Waals surface area contributed by atoms with Crippen LogP contribution in [-0.4, -0.2) is 27.2 Å². The van der Waals surface area contributed by atoms with Gasteiger partial charge in [0.25, 0.3) is 5.91 Å². The zero-order chi connectivity index (χ0) is 18.6. The number of sulfonamides is 1. The van der Waals surface area contributed by atoms with Crippen molar-refractivity contribution in [1.29, 1.82) is 0 Å². The molecular weight excluding hydrogens is 373 g/mol. The van der Waals surface area contributed by atoms with Crippen molar-refractivity contribution in [2.24, 2.45) is 0 Å². The third kappa shape index (κ3) is 5.33. The molecule has 0 saturated heterocycles. The summed E-state index contributed by atoms with van der Waals surface area (Å²) in [7, 11) is -3.82. The maximum absolute atomic E-state index is 14.1. The summed E-state index contributed by atoms with van der Waals surface area (Å²) >= 11 is 6.02. The second kappa shape index (κ2) is 7.71. The molecule has 0 aromatic heterocycles. The van der Waals surface area contributed by atoms with Crippen LogP contribution in [0.4, 0.5) is 4.39 Å². The van der Waals surface area contributed by atoms with Crippen LogP contribution in [0.2, 0.25) is 5.02 Å². The van der Waals surface area contributed by atoms with E-state index in [9.17, 15) is 17.6 Å². The first-order valence-corrected chi connectivity index (χ1v) is 9.38. The van der Waals surface area contributed by atoms with E-state index in [1.54, 1.807) is 29.0 Å². The first kappa shape index (κ1) is 19.0. The van der Waals surface area contributed by atoms with Gasteiger partial charge >= 0.3 is 0 Å². The van der Waals surface area contributed by atoms with Crippen molar-refractivity contribution >= 4 is 27.5 Å². The first-order chi connectivity index (χ1) is 11.7. The first-order valence-electron chi connectivity index (χ1n) is 7.11. The van der Waals surface area contributed by atoms with Crippen LogP contribution in [0.3, 0.4) is 0 Å². The molecular formula is C16H15ClFNO5S. The average Bonchev–Trinajstić information content (AvgIpc) is 2.49. The summed E-state index contributed by atoms with van der Waals surface area (Å²) in [4.78, 5) is 11.8. The Morgan fingerprint density at radius 3 is 2.56 bits per heavy atom. The van der Waals surface area contributed by atoms with Gasteiger partial charge < -0.3 is 9.47 Å². The fourth-order valence-corrected chi connectivity index (χ4v) is 2.57. The van der Waals surface area contributed by atoms with Gasteiger partial charge in [-0.05, 0) is 25.1 Å². The molecule has 2 rings (SSSR count). The van der Waals surface area contributed by atoms with E-state index in [2.05, 4.69) is 0 Å². The number of hydrogen-bond acceptors (Lipinski definition) is 5. The van der Waals surface area contributed by atoms with Gasteiger partial charge in [-0.15, -0.1) is 0 Å². The van der Waals surface area contributed by atoms with Gasteiger partial charge in [0.1, 0.15) is 23.1 Å². The van der Waals surface area contributed by atoms with Crippen molar-refractivity contribution in [3.8, 4) is 17.2 Å². The van der Waals surface area contributed by atoms with Gasteiger partial charge in [-0.25, -0.2) is 17.5 Å². The van der Waals surface area contributed by atoms with Crippen LogP contribution >= 0.6 is 11.6 Å². The number of hydrogen-bond donors (Lipinski definition) is 1. The lowest BCUT2D eigenvalue weighted by Crippen LogP contribution is -2.30. The van der Waals surface area contributed by atoms with Crippen molar-refractivity contribution < 1.29 is 27.1 Å². The summed E-state index contributed by atoms with van der Waals surface area (Å²) in [6, 6.07) is 8.56. The van der Waals surface area contributed by atoms with Gasteiger partial charge in [-0.2, -0.15) is 0 Å². The van der Waals surface area contributed by atoms with Crippen molar-refractivity contribution in [3.05, 3.63) is 52.8 Å². The second-order valence-corrected chi connectivity index (χ2v) is 7.13. The summed E-state index contributed by atoms with van der Waals surface area (Å²) in [5.74, 6) is -1.18. The van der Waals surface area contributed by atoms with Crippen molar-refractivity contribution in [3.63, 3.8) is 0 Å². The lowest BCUT2D eigenvalue weighted by atomic mass is 10.2. The van der Waals surface area contributed by atoms with E-state index >= 15 is 0 Å². The van der Waals surface area contributed by atoms with Crippen LogP contribution in [0, 0.1) is 5.82 Å². The molecule has 1 N–H and O–H groups in total. The molecule has 0 saturated carbocycles. The standard InChI is InChI=1S/C16H15ClFNO5S/c1-3-23-10-5-4-6-11(7-10)24-15-9-14(18)12(8-13(15)17)16(20)19-25(2,21)22/h4-9H,3H2,1-2H3,(H,19,20). The number of nitrogens with one attached hydrogen (secondary N) is 1. The molecule has 0 spiro atoms. The Balaban J connectivity index is 2.28. The Morgan fingerprint density at radius 1 is 1.24 bits per heavy atom. The minimum atomic E-state index is -3.82. The molecule has 0 heterocycles. The zero-order valence-corrected chi connectivity index (χ0v) is 14.9. The van der Waals surface area contributed by atoms with Crippen LogP contribution in [-0.2, 0) is 10.0 Å². The molecule has 0 bridgehead atoms. The Kier molecular flexibility index (Phi) is 5.86. The highest BCUT2D eigenvalue weighted by molar-refractivity contribution is 7.89. The Labute approximate surface area is 149 Å². The third-order valence-electron chi connectivity index (χ3n) is 2.89. The predicted molar refractivity (Wildman–Crippen MR) is 91.4 cm³/mol. The van der Waals surface area contributed by atoms with Gasteiger partial charge in [0.2, 0.25) is 10.0 Å². The Morgan fingerprint density at radius 2 is 1.92 bits per heavy atom. The highest BCUT2D eigenvalue weighted by Gasteiger charge is 2.19. The molecule has 6 nitrogen and oxygen atoms in total. The fraction of sp³-hybridized carbons (Fsp3) is 0.188. The highest BCUT2D eigenvalue weighted by Crippen LogP contribution is 2.33. The maximum Gasteiger partial charge on any atom is 0.267 e. The van der Waals surface area contributed by atoms with E-state index in [0.29, 0.717) is 18.1 Å². The molecule has 0 aliphatic carbocycles. The number of carbonyl (C=O) groups is 1. The number of rotatable bonds is 6. The van der Waals surface area contributed by atoms with Crippen molar-refractivity contribution in [2.75, 3.05) is 12.9 Å². The predicted octanol–water partition coefficient (Wildman–Crippen LogP) is 3.36. The molecule has 0 radical (unpaired) electrons. The molecule has 0 fully saturated rings. The summed E-state index contributed by atoms with van der Waals surface area (Å²) in [5.41, 5.74) is -0.508. The van der Waals surface area contributed by atoms with Crippen LogP contribution in [0.15, 0.2) is 36.4 Å². The summed E-state index contributed by atoms with van der Waals surface area (Å²) < 4.78 is 48.8. The van der Waals surface area contributed by atoms with Gasteiger partial charge in [0.05, 0.1) is 23.4 Å². The minimum Gasteiger partial charge on any atom is -0.494 e. The molecule has 0 unspecified atom stereocenters. The largest absolute Gasteiger partial charge is 0.494 e. The molecule has 2 aromatic rings. The number of ether oxygens (including phenoxy) is 2. The average molecular weight is 388 g/mol. The molecule has 1 amide bonds. The smallest absolute Gasteiger partial charge is 0.267 e. The number of carbonyl (C=O) groups excluding carboxylic acids is 1. The molecule has 25 heavy (non-hydrogen) atoms. The van der Waals surface area contributed by atoms with Gasteiger partial charge in [0.15, 0.2) is 0 Å². The quantitative estimate of drug-likeness (QED) is 0.821. The van der Waals surface area contributed by atoms with E-state index in [-0.39, 0.29) is 10.8 Å². The molecule has 0 aliphatic heterocycles. The summed E-state index contributed by atoms with van der Waals surface area (Å²) in [5, 5.41) is -0.0538. The summed E-state index contributed by atoms with van der Waals surface area (Å²) in [6.45, 7) is 2.31. The third-order valence-corrected chi connectivity index (χ3v) is 3.74. The number of benzene rings is 2. The van der Waals surface area contributed by atoms with Crippen LogP contribution in [0.25, 0.3) is 0 Å². The maximum atomic E-state index is 14.1. The van der Waals surface area contributed by atoms with Gasteiger partial charge in [-0.1, -0.05) is 17.7 Å². The molecule has 2 aromatic carbocycles. The second-order valence-electron chi connectivity index (χ2n) is 4.98. The van der Waals surface area contributed by atoms with Crippen LogP contribution in [0.1, 0.15) is 17.3 Å². The Hall–Kier alpha value is -2.32. The van der Waals surface area contributed by atoms with Gasteiger partial charge in [-0.3, -0.25) is 4.79 Å². The van der Waals surface area contributed by atoms with Crippen LogP contribution < -0.4 is 14.2 Å². The van der Waals surface area contributed by atoms with Crippen LogP contribution in [0.5, 0.6) is 17.2 Å². The molecule has 134 valence electrons. The monoisotopic (exact) mass is 387 g/mol. The lowest BCUT2D eigenvalue weighted by molar-refractivity contribution is 0.0977. The zero-order valence-electron chi connectivity index (χ0n) is 13.4. The molecule has 0 atom stereocenters. The van der Waals surface area contributed by atoms with E-state index in [4.69, 9.17) is 21.1 Å². The minimum absolute atomic E-state index is 0.0243. The fourth-order valence-electron chi connectivity index (χ4n) is 1.93. The topological polar surface area (TPSA) is 81.7 Å². The SMILES string of the molecule is CCOc1cccc(Oc2cc(F)c(C(=O)NS(C)(=O)=O)cc2Cl)c1. The summed E-state index contributed by atoms with van der Waals surface area (Å²) in [6.07, 6.45) is 0.785.